The molecule has 0 saturated carbocycles. The van der Waals surface area contributed by atoms with Gasteiger partial charge in [0, 0.05) is 26.0 Å². The van der Waals surface area contributed by atoms with Crippen molar-refractivity contribution in [3.05, 3.63) is 28.2 Å². The Kier molecular flexibility index (Phi) is 2.62. The number of hydrogen-bond donors (Lipinski definition) is 1. The molecule has 1 aromatic heterocycles. The maximum Gasteiger partial charge on any atom is 0.172 e. The molecule has 0 bridgehead atoms. The van der Waals surface area contributed by atoms with E-state index in [4.69, 9.17) is 0 Å². The molecule has 1 heterocycles. The highest BCUT2D eigenvalue weighted by atomic mass is 79.9. The normalized spacial score (nSPS) is 10.9. The molecule has 0 spiro atoms. The number of aromatic hydroxyl groups is 1. The minimum atomic E-state index is 0.365. The highest BCUT2D eigenvalue weighted by Gasteiger charge is 2.07. The van der Waals surface area contributed by atoms with Crippen LogP contribution in [0.3, 0.4) is 0 Å². The molecule has 0 unspecified atom stereocenters. The Morgan fingerprint density at radius 2 is 2.15 bits per heavy atom. The number of benzene rings is 1. The number of thiophene rings is 1. The average molecular weight is 322 g/mol. The van der Waals surface area contributed by atoms with Crippen LogP contribution in [0, 0.1) is 0 Å². The van der Waals surface area contributed by atoms with Gasteiger partial charge < -0.3 is 5.11 Å². The molecule has 4 heteroatoms. The maximum atomic E-state index is 9.38. The van der Waals surface area contributed by atoms with Crippen molar-refractivity contribution in [2.75, 3.05) is 0 Å². The molecular weight excluding hydrogens is 316 g/mol. The van der Waals surface area contributed by atoms with Crippen LogP contribution in [-0.4, -0.2) is 5.11 Å². The first kappa shape index (κ1) is 9.49. The van der Waals surface area contributed by atoms with Crippen molar-refractivity contribution in [1.29, 1.82) is 0 Å². The SMILES string of the molecule is Oc1cc2c(Br)ccc(CBr)c2s1. The summed E-state index contributed by atoms with van der Waals surface area (Å²) in [4.78, 5) is 0. The summed E-state index contributed by atoms with van der Waals surface area (Å²) in [6, 6.07) is 5.85. The second-order valence-corrected chi connectivity index (χ2v) is 5.11. The second kappa shape index (κ2) is 3.59. The van der Waals surface area contributed by atoms with Crippen molar-refractivity contribution >= 4 is 53.3 Å². The fourth-order valence-corrected chi connectivity index (χ4v) is 3.40. The van der Waals surface area contributed by atoms with Crippen molar-refractivity contribution in [3.63, 3.8) is 0 Å². The molecule has 1 N–H and O–H groups in total. The van der Waals surface area contributed by atoms with Gasteiger partial charge in [-0.3, -0.25) is 0 Å². The van der Waals surface area contributed by atoms with Gasteiger partial charge in [0.1, 0.15) is 0 Å². The lowest BCUT2D eigenvalue weighted by atomic mass is 10.2. The lowest BCUT2D eigenvalue weighted by molar-refractivity contribution is 0.491. The standard InChI is InChI=1S/C9H6Br2OS/c10-4-5-1-2-7(11)6-3-8(12)13-9(5)6/h1-3,12H,4H2. The van der Waals surface area contributed by atoms with Crippen molar-refractivity contribution in [2.45, 2.75) is 5.33 Å². The Labute approximate surface area is 96.6 Å². The predicted molar refractivity (Wildman–Crippen MR) is 63.8 cm³/mol. The molecule has 0 fully saturated rings. The third kappa shape index (κ3) is 1.63. The fourth-order valence-electron chi connectivity index (χ4n) is 1.24. The Morgan fingerprint density at radius 3 is 2.85 bits per heavy atom. The minimum absolute atomic E-state index is 0.365. The van der Waals surface area contributed by atoms with Crippen LogP contribution in [-0.2, 0) is 5.33 Å². The molecule has 68 valence electrons. The van der Waals surface area contributed by atoms with E-state index < -0.39 is 0 Å². The van der Waals surface area contributed by atoms with Crippen LogP contribution in [0.4, 0.5) is 0 Å². The van der Waals surface area contributed by atoms with Crippen molar-refractivity contribution in [2.24, 2.45) is 0 Å². The van der Waals surface area contributed by atoms with Gasteiger partial charge in [-0.25, -0.2) is 0 Å². The summed E-state index contributed by atoms with van der Waals surface area (Å²) in [6.07, 6.45) is 0. The summed E-state index contributed by atoms with van der Waals surface area (Å²) in [5.74, 6) is 0. The van der Waals surface area contributed by atoms with Crippen LogP contribution >= 0.6 is 43.2 Å². The van der Waals surface area contributed by atoms with Crippen LogP contribution in [0.25, 0.3) is 10.1 Å². The molecule has 2 aromatic rings. The molecule has 2 rings (SSSR count). The van der Waals surface area contributed by atoms with E-state index in [0.717, 1.165) is 19.9 Å². The van der Waals surface area contributed by atoms with Gasteiger partial charge in [0.25, 0.3) is 0 Å². The topological polar surface area (TPSA) is 20.2 Å². The molecule has 0 aliphatic heterocycles. The van der Waals surface area contributed by atoms with E-state index >= 15 is 0 Å². The number of hydrogen-bond acceptors (Lipinski definition) is 2. The molecule has 1 aromatic carbocycles. The van der Waals surface area contributed by atoms with Gasteiger partial charge in [0.15, 0.2) is 5.06 Å². The average Bonchev–Trinajstić information content (AvgIpc) is 2.48. The van der Waals surface area contributed by atoms with Crippen molar-refractivity contribution in [3.8, 4) is 5.06 Å². The molecule has 13 heavy (non-hydrogen) atoms. The monoisotopic (exact) mass is 320 g/mol. The third-order valence-corrected chi connectivity index (χ3v) is 4.15. The van der Waals surface area contributed by atoms with Crippen LogP contribution in [0.2, 0.25) is 0 Å². The molecule has 0 saturated heterocycles. The van der Waals surface area contributed by atoms with Gasteiger partial charge in [0.2, 0.25) is 0 Å². The summed E-state index contributed by atoms with van der Waals surface area (Å²) in [5, 5.41) is 11.6. The van der Waals surface area contributed by atoms with Crippen LogP contribution in [0.1, 0.15) is 5.56 Å². The van der Waals surface area contributed by atoms with Gasteiger partial charge in [-0.15, -0.1) is 0 Å². The molecule has 1 nitrogen and oxygen atoms in total. The smallest absolute Gasteiger partial charge is 0.172 e. The van der Waals surface area contributed by atoms with E-state index in [1.54, 1.807) is 6.07 Å². The Hall–Kier alpha value is -0.0600. The lowest BCUT2D eigenvalue weighted by Crippen LogP contribution is -1.76. The van der Waals surface area contributed by atoms with E-state index in [2.05, 4.69) is 37.9 Å². The van der Waals surface area contributed by atoms with Gasteiger partial charge >= 0.3 is 0 Å². The van der Waals surface area contributed by atoms with Gasteiger partial charge in [-0.1, -0.05) is 49.3 Å². The summed E-state index contributed by atoms with van der Waals surface area (Å²) in [5.41, 5.74) is 1.21. The first-order valence-corrected chi connectivity index (χ1v) is 6.41. The lowest BCUT2D eigenvalue weighted by Gasteiger charge is -1.98. The number of rotatable bonds is 1. The Balaban J connectivity index is 2.83. The molecular formula is C9H6Br2OS. The zero-order valence-corrected chi connectivity index (χ0v) is 10.5. The van der Waals surface area contributed by atoms with Gasteiger partial charge in [-0.2, -0.15) is 0 Å². The van der Waals surface area contributed by atoms with E-state index in [-0.39, 0.29) is 0 Å². The second-order valence-electron chi connectivity index (χ2n) is 2.67. The predicted octanol–water partition coefficient (Wildman–Crippen LogP) is 4.26. The number of fused-ring (bicyclic) bond motifs is 1. The zero-order chi connectivity index (χ0) is 9.42. The quantitative estimate of drug-likeness (QED) is 0.778. The van der Waals surface area contributed by atoms with Crippen molar-refractivity contribution < 1.29 is 5.11 Å². The summed E-state index contributed by atoms with van der Waals surface area (Å²) < 4.78 is 2.17. The zero-order valence-electron chi connectivity index (χ0n) is 6.55. The van der Waals surface area contributed by atoms with E-state index in [9.17, 15) is 5.11 Å². The van der Waals surface area contributed by atoms with Crippen molar-refractivity contribution in [1.82, 2.24) is 0 Å². The Bertz CT molecular complexity index is 450. The van der Waals surface area contributed by atoms with Crippen LogP contribution < -0.4 is 0 Å². The van der Waals surface area contributed by atoms with Crippen LogP contribution in [0.15, 0.2) is 22.7 Å². The fraction of sp³-hybridized carbons (Fsp3) is 0.111. The number of alkyl halides is 1. The summed E-state index contributed by atoms with van der Waals surface area (Å²) >= 11 is 8.29. The van der Waals surface area contributed by atoms with E-state index in [1.165, 1.54) is 16.9 Å². The first-order chi connectivity index (χ1) is 6.22. The van der Waals surface area contributed by atoms with E-state index in [1.807, 2.05) is 6.07 Å². The summed E-state index contributed by atoms with van der Waals surface area (Å²) in [6.45, 7) is 0. The van der Waals surface area contributed by atoms with Gasteiger partial charge in [-0.05, 0) is 11.6 Å². The maximum absolute atomic E-state index is 9.38. The van der Waals surface area contributed by atoms with Crippen LogP contribution in [0.5, 0.6) is 5.06 Å². The van der Waals surface area contributed by atoms with E-state index in [0.29, 0.717) is 5.06 Å². The Morgan fingerprint density at radius 1 is 1.38 bits per heavy atom. The molecule has 0 amide bonds. The first-order valence-electron chi connectivity index (χ1n) is 3.68. The highest BCUT2D eigenvalue weighted by Crippen LogP contribution is 2.37. The molecule has 0 aliphatic rings. The summed E-state index contributed by atoms with van der Waals surface area (Å²) in [7, 11) is 0. The molecule has 0 radical (unpaired) electrons. The number of halogens is 2. The largest absolute Gasteiger partial charge is 0.499 e. The molecule has 0 aliphatic carbocycles. The third-order valence-electron chi connectivity index (χ3n) is 1.84. The highest BCUT2D eigenvalue weighted by molar-refractivity contribution is 9.10. The molecule has 0 atom stereocenters. The minimum Gasteiger partial charge on any atom is -0.499 e. The van der Waals surface area contributed by atoms with Gasteiger partial charge in [0.05, 0.1) is 0 Å².